The molecule has 0 aliphatic rings. The number of aryl methyl sites for hydroxylation is 1. The van der Waals surface area contributed by atoms with Gasteiger partial charge in [-0.3, -0.25) is 5.10 Å². The number of nitrogens with one attached hydrogen (secondary N) is 2. The fourth-order valence-electron chi connectivity index (χ4n) is 3.41. The van der Waals surface area contributed by atoms with Gasteiger partial charge < -0.3 is 10.2 Å². The van der Waals surface area contributed by atoms with E-state index >= 15 is 0 Å². The van der Waals surface area contributed by atoms with Crippen LogP contribution in [0, 0.1) is 4.77 Å². The van der Waals surface area contributed by atoms with Crippen LogP contribution in [0.15, 0.2) is 66.7 Å². The van der Waals surface area contributed by atoms with E-state index in [0.29, 0.717) is 17.9 Å². The van der Waals surface area contributed by atoms with Crippen LogP contribution in [-0.2, 0) is 19.6 Å². The van der Waals surface area contributed by atoms with Crippen LogP contribution in [0.4, 0.5) is 0 Å². The number of hydrogen-bond acceptors (Lipinski definition) is 4. The number of hydrogen-bond donors (Lipinski definition) is 2. The Balaban J connectivity index is 1.64. The molecule has 0 amide bonds. The van der Waals surface area contributed by atoms with Crippen molar-refractivity contribution < 1.29 is 4.74 Å². The SMILES string of the molecule is CCCc1n[nH]c(=S)n1NCc1c(OCc2ccccc2)ccc2ccccc12. The summed E-state index contributed by atoms with van der Waals surface area (Å²) in [6, 6.07) is 22.7. The van der Waals surface area contributed by atoms with E-state index in [9.17, 15) is 0 Å². The second kappa shape index (κ2) is 8.92. The van der Waals surface area contributed by atoms with E-state index < -0.39 is 0 Å². The zero-order chi connectivity index (χ0) is 20.1. The predicted octanol–water partition coefficient (Wildman–Crippen LogP) is 5.37. The second-order valence-corrected chi connectivity index (χ2v) is 7.29. The van der Waals surface area contributed by atoms with E-state index in [-0.39, 0.29) is 0 Å². The van der Waals surface area contributed by atoms with Crippen molar-refractivity contribution in [3.63, 3.8) is 0 Å². The smallest absolute Gasteiger partial charge is 0.214 e. The number of nitrogens with zero attached hydrogens (tertiary/aromatic N) is 2. The first-order valence-corrected chi connectivity index (χ1v) is 10.2. The molecule has 6 heteroatoms. The largest absolute Gasteiger partial charge is 0.489 e. The van der Waals surface area contributed by atoms with Crippen LogP contribution < -0.4 is 10.2 Å². The maximum atomic E-state index is 6.21. The highest BCUT2D eigenvalue weighted by atomic mass is 32.1. The van der Waals surface area contributed by atoms with E-state index in [2.05, 4.69) is 65.0 Å². The molecule has 1 aromatic heterocycles. The zero-order valence-corrected chi connectivity index (χ0v) is 17.2. The molecule has 4 aromatic rings. The number of rotatable bonds is 8. The molecule has 29 heavy (non-hydrogen) atoms. The van der Waals surface area contributed by atoms with Crippen molar-refractivity contribution in [2.24, 2.45) is 0 Å². The Hall–Kier alpha value is -3.12. The lowest BCUT2D eigenvalue weighted by molar-refractivity contribution is 0.303. The highest BCUT2D eigenvalue weighted by Crippen LogP contribution is 2.29. The summed E-state index contributed by atoms with van der Waals surface area (Å²) in [5, 5.41) is 9.56. The fraction of sp³-hybridized carbons (Fsp3) is 0.217. The standard InChI is InChI=1S/C23H24N4OS/c1-2-8-22-25-26-23(29)27(22)24-15-20-19-12-7-6-11-18(19)13-14-21(20)28-16-17-9-4-3-5-10-17/h3-7,9-14,24H,2,8,15-16H2,1H3,(H,26,29). The molecule has 0 spiro atoms. The lowest BCUT2D eigenvalue weighted by Gasteiger charge is -2.16. The summed E-state index contributed by atoms with van der Waals surface area (Å²) in [5.74, 6) is 1.77. The first kappa shape index (κ1) is 19.2. The van der Waals surface area contributed by atoms with Crippen LogP contribution in [-0.4, -0.2) is 14.9 Å². The molecule has 3 aromatic carbocycles. The van der Waals surface area contributed by atoms with Crippen LogP contribution in [0.5, 0.6) is 5.75 Å². The Kier molecular flexibility index (Phi) is 5.91. The Morgan fingerprint density at radius 2 is 1.83 bits per heavy atom. The molecule has 4 rings (SSSR count). The minimum Gasteiger partial charge on any atom is -0.489 e. The Bertz CT molecular complexity index is 1150. The van der Waals surface area contributed by atoms with Crippen LogP contribution in [0.25, 0.3) is 10.8 Å². The molecule has 0 bridgehead atoms. The van der Waals surface area contributed by atoms with Crippen LogP contribution in [0.2, 0.25) is 0 Å². The van der Waals surface area contributed by atoms with Gasteiger partial charge in [0.05, 0.1) is 6.54 Å². The number of ether oxygens (including phenoxy) is 1. The summed E-state index contributed by atoms with van der Waals surface area (Å²) in [5.41, 5.74) is 5.67. The minimum absolute atomic E-state index is 0.526. The molecule has 5 nitrogen and oxygen atoms in total. The summed E-state index contributed by atoms with van der Waals surface area (Å²) in [7, 11) is 0. The zero-order valence-electron chi connectivity index (χ0n) is 16.4. The lowest BCUT2D eigenvalue weighted by Crippen LogP contribution is -2.18. The average Bonchev–Trinajstić information content (AvgIpc) is 3.11. The van der Waals surface area contributed by atoms with Crippen molar-refractivity contribution in [2.45, 2.75) is 32.9 Å². The summed E-state index contributed by atoms with van der Waals surface area (Å²) >= 11 is 5.40. The third-order valence-corrected chi connectivity index (χ3v) is 5.14. The topological polar surface area (TPSA) is 54.9 Å². The first-order valence-electron chi connectivity index (χ1n) is 9.83. The van der Waals surface area contributed by atoms with Crippen LogP contribution in [0.1, 0.15) is 30.3 Å². The van der Waals surface area contributed by atoms with Gasteiger partial charge in [0, 0.05) is 12.0 Å². The van der Waals surface area contributed by atoms with E-state index in [1.807, 2.05) is 28.9 Å². The highest BCUT2D eigenvalue weighted by molar-refractivity contribution is 7.71. The second-order valence-electron chi connectivity index (χ2n) is 6.90. The molecular weight excluding hydrogens is 380 g/mol. The summed E-state index contributed by atoms with van der Waals surface area (Å²) in [6.45, 7) is 3.23. The number of aromatic nitrogens is 3. The maximum absolute atomic E-state index is 6.21. The molecule has 0 saturated heterocycles. The van der Waals surface area contributed by atoms with Crippen molar-refractivity contribution in [3.8, 4) is 5.75 Å². The summed E-state index contributed by atoms with van der Waals surface area (Å²) in [6.07, 6.45) is 1.86. The van der Waals surface area contributed by atoms with Gasteiger partial charge in [0.2, 0.25) is 4.77 Å². The van der Waals surface area contributed by atoms with Gasteiger partial charge >= 0.3 is 0 Å². The molecule has 1 heterocycles. The molecule has 0 atom stereocenters. The van der Waals surface area contributed by atoms with Crippen molar-refractivity contribution >= 4 is 23.0 Å². The molecule has 0 saturated carbocycles. The molecule has 148 valence electrons. The van der Waals surface area contributed by atoms with Gasteiger partial charge in [-0.1, -0.05) is 67.6 Å². The van der Waals surface area contributed by atoms with Crippen molar-refractivity contribution in [1.82, 2.24) is 14.9 Å². The minimum atomic E-state index is 0.526. The third kappa shape index (κ3) is 4.32. The molecule has 2 N–H and O–H groups in total. The third-order valence-electron chi connectivity index (χ3n) is 4.86. The van der Waals surface area contributed by atoms with E-state index in [1.165, 1.54) is 5.39 Å². The van der Waals surface area contributed by atoms with Gasteiger partial charge in [-0.25, -0.2) is 4.68 Å². The Morgan fingerprint density at radius 3 is 2.66 bits per heavy atom. The Labute approximate surface area is 175 Å². The first-order chi connectivity index (χ1) is 14.3. The van der Waals surface area contributed by atoms with E-state index in [4.69, 9.17) is 17.0 Å². The van der Waals surface area contributed by atoms with E-state index in [0.717, 1.165) is 40.9 Å². The predicted molar refractivity (Wildman–Crippen MR) is 119 cm³/mol. The molecule has 0 fully saturated rings. The van der Waals surface area contributed by atoms with Gasteiger partial charge in [-0.2, -0.15) is 5.10 Å². The number of benzene rings is 3. The summed E-state index contributed by atoms with van der Waals surface area (Å²) < 4.78 is 8.64. The molecule has 0 aliphatic heterocycles. The average molecular weight is 405 g/mol. The van der Waals surface area contributed by atoms with Crippen molar-refractivity contribution in [2.75, 3.05) is 5.43 Å². The van der Waals surface area contributed by atoms with Gasteiger partial charge in [-0.15, -0.1) is 0 Å². The fourth-order valence-corrected chi connectivity index (χ4v) is 3.63. The monoisotopic (exact) mass is 404 g/mol. The number of H-pyrrole nitrogens is 1. The van der Waals surface area contributed by atoms with Crippen molar-refractivity contribution in [1.29, 1.82) is 0 Å². The quantitative estimate of drug-likeness (QED) is 0.388. The number of fused-ring (bicyclic) bond motifs is 1. The molecule has 0 radical (unpaired) electrons. The van der Waals surface area contributed by atoms with Crippen LogP contribution >= 0.6 is 12.2 Å². The normalized spacial score (nSPS) is 10.9. The highest BCUT2D eigenvalue weighted by Gasteiger charge is 2.11. The Morgan fingerprint density at radius 1 is 1.03 bits per heavy atom. The number of aromatic amines is 1. The van der Waals surface area contributed by atoms with Gasteiger partial charge in [0.15, 0.2) is 5.82 Å². The summed E-state index contributed by atoms with van der Waals surface area (Å²) in [4.78, 5) is 0. The lowest BCUT2D eigenvalue weighted by atomic mass is 10.0. The van der Waals surface area contributed by atoms with Crippen LogP contribution in [0.3, 0.4) is 0 Å². The van der Waals surface area contributed by atoms with Gasteiger partial charge in [0.1, 0.15) is 12.4 Å². The molecule has 0 unspecified atom stereocenters. The van der Waals surface area contributed by atoms with Crippen molar-refractivity contribution in [3.05, 3.63) is 88.5 Å². The van der Waals surface area contributed by atoms with Gasteiger partial charge in [0.25, 0.3) is 0 Å². The van der Waals surface area contributed by atoms with E-state index in [1.54, 1.807) is 0 Å². The van der Waals surface area contributed by atoms with Gasteiger partial charge in [-0.05, 0) is 41.0 Å². The molecule has 0 aliphatic carbocycles. The molecular formula is C23H24N4OS. The maximum Gasteiger partial charge on any atom is 0.214 e.